The summed E-state index contributed by atoms with van der Waals surface area (Å²) in [6.45, 7) is 9.40. The van der Waals surface area contributed by atoms with Gasteiger partial charge < -0.3 is 10.2 Å². The summed E-state index contributed by atoms with van der Waals surface area (Å²) >= 11 is 0. The molecule has 1 N–H and O–H groups in total. The maximum absolute atomic E-state index is 13.4. The summed E-state index contributed by atoms with van der Waals surface area (Å²) in [5.74, 6) is 0.642. The van der Waals surface area contributed by atoms with Gasteiger partial charge in [-0.2, -0.15) is 0 Å². The lowest BCUT2D eigenvalue weighted by Gasteiger charge is -2.41. The van der Waals surface area contributed by atoms with E-state index in [1.807, 2.05) is 43.0 Å². The topological polar surface area (TPSA) is 62.3 Å². The molecule has 5 heteroatoms. The fourth-order valence-corrected chi connectivity index (χ4v) is 4.41. The molecule has 0 saturated carbocycles. The third-order valence-corrected chi connectivity index (χ3v) is 6.10. The Labute approximate surface area is 186 Å². The van der Waals surface area contributed by atoms with Crippen LogP contribution >= 0.6 is 0 Å². The van der Waals surface area contributed by atoms with Crippen LogP contribution in [0.5, 0.6) is 0 Å². The molecule has 5 nitrogen and oxygen atoms in total. The lowest BCUT2D eigenvalue weighted by molar-refractivity contribution is -0.141. The van der Waals surface area contributed by atoms with E-state index in [2.05, 4.69) is 36.3 Å². The van der Waals surface area contributed by atoms with Crippen LogP contribution in [0.2, 0.25) is 0 Å². The SMILES string of the molecule is CC(C)CC(=O)N1CCC(Cc2ccccc2-c2ccncc2)(C(=O)NC(C)C)CC1. The zero-order valence-electron chi connectivity index (χ0n) is 19.2. The highest BCUT2D eigenvalue weighted by molar-refractivity contribution is 5.84. The van der Waals surface area contributed by atoms with E-state index < -0.39 is 5.41 Å². The van der Waals surface area contributed by atoms with Gasteiger partial charge in [0.2, 0.25) is 11.8 Å². The number of rotatable bonds is 7. The van der Waals surface area contributed by atoms with Gasteiger partial charge in [0, 0.05) is 37.9 Å². The van der Waals surface area contributed by atoms with E-state index >= 15 is 0 Å². The van der Waals surface area contributed by atoms with Crippen LogP contribution in [-0.4, -0.2) is 40.8 Å². The molecule has 0 bridgehead atoms. The predicted octanol–water partition coefficient (Wildman–Crippen LogP) is 4.47. The number of piperidine rings is 1. The van der Waals surface area contributed by atoms with Gasteiger partial charge in [0.05, 0.1) is 5.41 Å². The second-order valence-electron chi connectivity index (χ2n) is 9.46. The standard InChI is InChI=1S/C26H35N3O2/c1-19(2)17-24(30)29-15-11-26(12-16-29,25(31)28-20(3)4)18-22-7-5-6-8-23(22)21-9-13-27-14-10-21/h5-10,13-14,19-20H,11-12,15-18H2,1-4H3,(H,28,31). The maximum Gasteiger partial charge on any atom is 0.226 e. The van der Waals surface area contributed by atoms with Crippen LogP contribution in [0.3, 0.4) is 0 Å². The van der Waals surface area contributed by atoms with Gasteiger partial charge in [-0.05, 0) is 67.9 Å². The van der Waals surface area contributed by atoms with E-state index in [1.165, 1.54) is 0 Å². The van der Waals surface area contributed by atoms with Crippen LogP contribution in [0.15, 0.2) is 48.8 Å². The summed E-state index contributed by atoms with van der Waals surface area (Å²) in [5, 5.41) is 3.16. The number of hydrogen-bond donors (Lipinski definition) is 1. The summed E-state index contributed by atoms with van der Waals surface area (Å²) in [5.41, 5.74) is 2.89. The molecule has 3 rings (SSSR count). The molecular weight excluding hydrogens is 386 g/mol. The molecule has 166 valence electrons. The zero-order chi connectivity index (χ0) is 22.4. The number of nitrogens with one attached hydrogen (secondary N) is 1. The molecule has 2 amide bonds. The zero-order valence-corrected chi connectivity index (χ0v) is 19.2. The molecule has 2 aromatic rings. The first kappa shape index (κ1) is 23.0. The van der Waals surface area contributed by atoms with Gasteiger partial charge in [-0.1, -0.05) is 38.1 Å². The second kappa shape index (κ2) is 10.1. The van der Waals surface area contributed by atoms with Crippen LogP contribution in [0.1, 0.15) is 52.5 Å². The van der Waals surface area contributed by atoms with Crippen LogP contribution in [0, 0.1) is 11.3 Å². The van der Waals surface area contributed by atoms with Gasteiger partial charge in [0.1, 0.15) is 0 Å². The van der Waals surface area contributed by atoms with Crippen LogP contribution in [0.4, 0.5) is 0 Å². The molecule has 1 aromatic heterocycles. The quantitative estimate of drug-likeness (QED) is 0.717. The Balaban J connectivity index is 1.87. The molecule has 0 radical (unpaired) electrons. The van der Waals surface area contributed by atoms with Crippen LogP contribution in [-0.2, 0) is 16.0 Å². The van der Waals surface area contributed by atoms with Crippen molar-refractivity contribution in [3.8, 4) is 11.1 Å². The minimum absolute atomic E-state index is 0.0837. The molecule has 2 heterocycles. The molecule has 0 spiro atoms. The van der Waals surface area contributed by atoms with Crippen molar-refractivity contribution < 1.29 is 9.59 Å². The Bertz CT molecular complexity index is 885. The number of nitrogens with zero attached hydrogens (tertiary/aromatic N) is 2. The molecule has 1 aliphatic rings. The third-order valence-electron chi connectivity index (χ3n) is 6.10. The first-order valence-electron chi connectivity index (χ1n) is 11.4. The normalized spacial score (nSPS) is 15.9. The average molecular weight is 422 g/mol. The van der Waals surface area contributed by atoms with E-state index in [0.717, 1.165) is 16.7 Å². The highest BCUT2D eigenvalue weighted by Gasteiger charge is 2.42. The number of aromatic nitrogens is 1. The predicted molar refractivity (Wildman–Crippen MR) is 124 cm³/mol. The molecule has 31 heavy (non-hydrogen) atoms. The molecule has 0 unspecified atom stereocenters. The molecule has 1 fully saturated rings. The van der Waals surface area contributed by atoms with E-state index in [0.29, 0.717) is 44.7 Å². The van der Waals surface area contributed by atoms with E-state index in [4.69, 9.17) is 0 Å². The highest BCUT2D eigenvalue weighted by atomic mass is 16.2. The largest absolute Gasteiger partial charge is 0.353 e. The van der Waals surface area contributed by atoms with Gasteiger partial charge in [-0.3, -0.25) is 14.6 Å². The van der Waals surface area contributed by atoms with Gasteiger partial charge in [-0.15, -0.1) is 0 Å². The fraction of sp³-hybridized carbons (Fsp3) is 0.500. The number of carbonyl (C=O) groups is 2. The summed E-state index contributed by atoms with van der Waals surface area (Å²) in [6.07, 6.45) is 6.19. The third kappa shape index (κ3) is 5.72. The lowest BCUT2D eigenvalue weighted by Crippen LogP contribution is -2.52. The number of benzene rings is 1. The molecule has 1 aliphatic heterocycles. The van der Waals surface area contributed by atoms with Gasteiger partial charge in [0.25, 0.3) is 0 Å². The minimum Gasteiger partial charge on any atom is -0.353 e. The smallest absolute Gasteiger partial charge is 0.226 e. The van der Waals surface area contributed by atoms with Crippen molar-refractivity contribution >= 4 is 11.8 Å². The van der Waals surface area contributed by atoms with E-state index in [-0.39, 0.29) is 17.9 Å². The number of carbonyl (C=O) groups excluding carboxylic acids is 2. The van der Waals surface area contributed by atoms with Crippen molar-refractivity contribution in [2.45, 2.75) is 59.4 Å². The monoisotopic (exact) mass is 421 g/mol. The van der Waals surface area contributed by atoms with Gasteiger partial charge >= 0.3 is 0 Å². The molecular formula is C26H35N3O2. The average Bonchev–Trinajstić information content (AvgIpc) is 2.74. The van der Waals surface area contributed by atoms with Crippen molar-refractivity contribution in [2.24, 2.45) is 11.3 Å². The minimum atomic E-state index is -0.512. The Morgan fingerprint density at radius 2 is 1.68 bits per heavy atom. The van der Waals surface area contributed by atoms with Gasteiger partial charge in [0.15, 0.2) is 0 Å². The highest BCUT2D eigenvalue weighted by Crippen LogP contribution is 2.38. The Morgan fingerprint density at radius 1 is 1.03 bits per heavy atom. The van der Waals surface area contributed by atoms with Crippen LogP contribution < -0.4 is 5.32 Å². The first-order chi connectivity index (χ1) is 14.8. The van der Waals surface area contributed by atoms with Crippen molar-refractivity contribution in [1.82, 2.24) is 15.2 Å². The van der Waals surface area contributed by atoms with Gasteiger partial charge in [-0.25, -0.2) is 0 Å². The molecule has 1 aromatic carbocycles. The Hall–Kier alpha value is -2.69. The van der Waals surface area contributed by atoms with Crippen molar-refractivity contribution in [3.05, 3.63) is 54.4 Å². The molecule has 0 aliphatic carbocycles. The lowest BCUT2D eigenvalue weighted by atomic mass is 9.71. The Morgan fingerprint density at radius 3 is 2.29 bits per heavy atom. The van der Waals surface area contributed by atoms with Crippen molar-refractivity contribution in [1.29, 1.82) is 0 Å². The number of likely N-dealkylation sites (tertiary alicyclic amines) is 1. The van der Waals surface area contributed by atoms with Crippen LogP contribution in [0.25, 0.3) is 11.1 Å². The van der Waals surface area contributed by atoms with E-state index in [1.54, 1.807) is 12.4 Å². The summed E-state index contributed by atoms with van der Waals surface area (Å²) < 4.78 is 0. The maximum atomic E-state index is 13.4. The van der Waals surface area contributed by atoms with E-state index in [9.17, 15) is 9.59 Å². The Kier molecular flexibility index (Phi) is 7.47. The van der Waals surface area contributed by atoms with Crippen molar-refractivity contribution in [2.75, 3.05) is 13.1 Å². The molecule has 1 saturated heterocycles. The summed E-state index contributed by atoms with van der Waals surface area (Å²) in [6, 6.07) is 12.4. The first-order valence-corrected chi connectivity index (χ1v) is 11.4. The number of hydrogen-bond acceptors (Lipinski definition) is 3. The molecule has 0 atom stereocenters. The number of amides is 2. The number of pyridine rings is 1. The fourth-order valence-electron chi connectivity index (χ4n) is 4.41. The second-order valence-corrected chi connectivity index (χ2v) is 9.46. The summed E-state index contributed by atoms with van der Waals surface area (Å²) in [4.78, 5) is 32.1. The van der Waals surface area contributed by atoms with Crippen molar-refractivity contribution in [3.63, 3.8) is 0 Å². The summed E-state index contributed by atoms with van der Waals surface area (Å²) in [7, 11) is 0.